The molecular formula is C18H30N2. The van der Waals surface area contributed by atoms with E-state index in [0.29, 0.717) is 0 Å². The monoisotopic (exact) mass is 274 g/mol. The molecule has 2 heteroatoms. The van der Waals surface area contributed by atoms with E-state index in [-0.39, 0.29) is 0 Å². The second-order valence-corrected chi connectivity index (χ2v) is 6.11. The zero-order valence-corrected chi connectivity index (χ0v) is 13.4. The van der Waals surface area contributed by atoms with E-state index in [0.717, 1.165) is 19.0 Å². The predicted octanol–water partition coefficient (Wildman–Crippen LogP) is 4.12. The van der Waals surface area contributed by atoms with Gasteiger partial charge in [0.25, 0.3) is 0 Å². The molecule has 1 N–H and O–H groups in total. The first-order valence-corrected chi connectivity index (χ1v) is 8.29. The van der Waals surface area contributed by atoms with Crippen LogP contribution in [-0.2, 0) is 6.54 Å². The van der Waals surface area contributed by atoms with Crippen molar-refractivity contribution in [3.8, 4) is 0 Å². The van der Waals surface area contributed by atoms with E-state index in [4.69, 9.17) is 0 Å². The SMILES string of the molecule is CCCC1CCN(c2ccc(CNCC)c(C)c2)CC1. The van der Waals surface area contributed by atoms with Gasteiger partial charge in [0, 0.05) is 25.3 Å². The molecule has 112 valence electrons. The number of anilines is 1. The molecule has 1 aliphatic heterocycles. The summed E-state index contributed by atoms with van der Waals surface area (Å²) in [4.78, 5) is 2.57. The molecule has 0 unspecified atom stereocenters. The van der Waals surface area contributed by atoms with Crippen LogP contribution in [0.15, 0.2) is 18.2 Å². The average Bonchev–Trinajstić information content (AvgIpc) is 2.47. The fraction of sp³-hybridized carbons (Fsp3) is 0.667. The molecule has 0 aliphatic carbocycles. The molecule has 0 aromatic heterocycles. The number of benzene rings is 1. The number of nitrogens with zero attached hydrogens (tertiary/aromatic N) is 1. The van der Waals surface area contributed by atoms with Crippen molar-refractivity contribution in [3.05, 3.63) is 29.3 Å². The molecule has 0 spiro atoms. The molecule has 1 heterocycles. The topological polar surface area (TPSA) is 15.3 Å². The third kappa shape index (κ3) is 3.99. The Labute approximate surface area is 124 Å². The number of rotatable bonds is 6. The van der Waals surface area contributed by atoms with E-state index in [1.807, 2.05) is 0 Å². The van der Waals surface area contributed by atoms with Gasteiger partial charge in [-0.05, 0) is 55.5 Å². The highest BCUT2D eigenvalue weighted by Crippen LogP contribution is 2.27. The van der Waals surface area contributed by atoms with Gasteiger partial charge >= 0.3 is 0 Å². The van der Waals surface area contributed by atoms with Gasteiger partial charge < -0.3 is 10.2 Å². The standard InChI is InChI=1S/C18H30N2/c1-4-6-16-9-11-20(12-10-16)18-8-7-17(14-19-5-2)15(3)13-18/h7-8,13,16,19H,4-6,9-12,14H2,1-3H3. The highest BCUT2D eigenvalue weighted by molar-refractivity contribution is 5.51. The first kappa shape index (κ1) is 15.4. The molecule has 1 aromatic carbocycles. The fourth-order valence-corrected chi connectivity index (χ4v) is 3.22. The maximum atomic E-state index is 3.41. The molecule has 1 fully saturated rings. The lowest BCUT2D eigenvalue weighted by Crippen LogP contribution is -2.33. The number of piperidine rings is 1. The Balaban J connectivity index is 1.95. The number of nitrogens with one attached hydrogen (secondary N) is 1. The van der Waals surface area contributed by atoms with Crippen molar-refractivity contribution in [2.45, 2.75) is 53.0 Å². The van der Waals surface area contributed by atoms with Gasteiger partial charge in [-0.15, -0.1) is 0 Å². The maximum Gasteiger partial charge on any atom is 0.0369 e. The van der Waals surface area contributed by atoms with Gasteiger partial charge in [-0.3, -0.25) is 0 Å². The van der Waals surface area contributed by atoms with E-state index in [1.165, 1.54) is 55.6 Å². The van der Waals surface area contributed by atoms with Crippen molar-refractivity contribution >= 4 is 5.69 Å². The molecular weight excluding hydrogens is 244 g/mol. The predicted molar refractivity (Wildman–Crippen MR) is 88.4 cm³/mol. The van der Waals surface area contributed by atoms with Crippen LogP contribution >= 0.6 is 0 Å². The summed E-state index contributed by atoms with van der Waals surface area (Å²) in [6.07, 6.45) is 5.48. The molecule has 2 rings (SSSR count). The second-order valence-electron chi connectivity index (χ2n) is 6.11. The van der Waals surface area contributed by atoms with Gasteiger partial charge in [-0.1, -0.05) is 32.8 Å². The zero-order chi connectivity index (χ0) is 14.4. The van der Waals surface area contributed by atoms with E-state index < -0.39 is 0 Å². The minimum absolute atomic E-state index is 0.963. The van der Waals surface area contributed by atoms with E-state index in [2.05, 4.69) is 49.2 Å². The molecule has 2 nitrogen and oxygen atoms in total. The lowest BCUT2D eigenvalue weighted by Gasteiger charge is -2.34. The number of hydrogen-bond donors (Lipinski definition) is 1. The van der Waals surface area contributed by atoms with Gasteiger partial charge in [-0.2, -0.15) is 0 Å². The van der Waals surface area contributed by atoms with Crippen LogP contribution in [0.3, 0.4) is 0 Å². The molecule has 0 amide bonds. The second kappa shape index (κ2) is 7.68. The van der Waals surface area contributed by atoms with E-state index in [1.54, 1.807) is 0 Å². The molecule has 1 saturated heterocycles. The molecule has 0 atom stereocenters. The quantitative estimate of drug-likeness (QED) is 0.839. The largest absolute Gasteiger partial charge is 0.372 e. The Bertz CT molecular complexity index is 406. The molecule has 0 saturated carbocycles. The molecule has 0 radical (unpaired) electrons. The highest BCUT2D eigenvalue weighted by Gasteiger charge is 2.18. The summed E-state index contributed by atoms with van der Waals surface area (Å²) in [6.45, 7) is 11.2. The average molecular weight is 274 g/mol. The van der Waals surface area contributed by atoms with Crippen LogP contribution < -0.4 is 10.2 Å². The summed E-state index contributed by atoms with van der Waals surface area (Å²) < 4.78 is 0. The smallest absolute Gasteiger partial charge is 0.0369 e. The minimum Gasteiger partial charge on any atom is -0.372 e. The molecule has 1 aliphatic rings. The Morgan fingerprint density at radius 1 is 1.20 bits per heavy atom. The zero-order valence-electron chi connectivity index (χ0n) is 13.4. The number of aryl methyl sites for hydroxylation is 1. The van der Waals surface area contributed by atoms with Crippen molar-refractivity contribution in [1.29, 1.82) is 0 Å². The van der Waals surface area contributed by atoms with Gasteiger partial charge in [0.2, 0.25) is 0 Å². The van der Waals surface area contributed by atoms with Gasteiger partial charge in [0.1, 0.15) is 0 Å². The van der Waals surface area contributed by atoms with Crippen LogP contribution in [0.2, 0.25) is 0 Å². The molecule has 1 aromatic rings. The van der Waals surface area contributed by atoms with Crippen molar-refractivity contribution in [3.63, 3.8) is 0 Å². The summed E-state index contributed by atoms with van der Waals surface area (Å²) in [5.74, 6) is 0.963. The van der Waals surface area contributed by atoms with Crippen molar-refractivity contribution < 1.29 is 0 Å². The van der Waals surface area contributed by atoms with Crippen LogP contribution in [0.25, 0.3) is 0 Å². The molecule has 0 bridgehead atoms. The highest BCUT2D eigenvalue weighted by atomic mass is 15.1. The lowest BCUT2D eigenvalue weighted by molar-refractivity contribution is 0.378. The Morgan fingerprint density at radius 3 is 2.55 bits per heavy atom. The third-order valence-corrected chi connectivity index (χ3v) is 4.57. The van der Waals surface area contributed by atoms with Crippen molar-refractivity contribution in [2.24, 2.45) is 5.92 Å². The van der Waals surface area contributed by atoms with Crippen LogP contribution in [0.5, 0.6) is 0 Å². The van der Waals surface area contributed by atoms with Crippen molar-refractivity contribution in [1.82, 2.24) is 5.32 Å². The van der Waals surface area contributed by atoms with Gasteiger partial charge in [-0.25, -0.2) is 0 Å². The summed E-state index contributed by atoms with van der Waals surface area (Å²) in [5.41, 5.74) is 4.26. The van der Waals surface area contributed by atoms with E-state index in [9.17, 15) is 0 Å². The maximum absolute atomic E-state index is 3.41. The summed E-state index contributed by atoms with van der Waals surface area (Å²) >= 11 is 0. The van der Waals surface area contributed by atoms with Crippen LogP contribution in [-0.4, -0.2) is 19.6 Å². The normalized spacial score (nSPS) is 16.6. The van der Waals surface area contributed by atoms with Crippen LogP contribution in [0.4, 0.5) is 5.69 Å². The third-order valence-electron chi connectivity index (χ3n) is 4.57. The first-order valence-electron chi connectivity index (χ1n) is 8.29. The Kier molecular flexibility index (Phi) is 5.90. The van der Waals surface area contributed by atoms with Gasteiger partial charge in [0.15, 0.2) is 0 Å². The summed E-state index contributed by atoms with van der Waals surface area (Å²) in [5, 5.41) is 3.41. The number of hydrogen-bond acceptors (Lipinski definition) is 2. The first-order chi connectivity index (χ1) is 9.74. The minimum atomic E-state index is 0.963. The van der Waals surface area contributed by atoms with Crippen LogP contribution in [0.1, 0.15) is 50.7 Å². The summed E-state index contributed by atoms with van der Waals surface area (Å²) in [6, 6.07) is 6.97. The Hall–Kier alpha value is -1.02. The lowest BCUT2D eigenvalue weighted by atomic mass is 9.92. The molecule has 20 heavy (non-hydrogen) atoms. The Morgan fingerprint density at radius 2 is 1.95 bits per heavy atom. The van der Waals surface area contributed by atoms with E-state index >= 15 is 0 Å². The summed E-state index contributed by atoms with van der Waals surface area (Å²) in [7, 11) is 0. The van der Waals surface area contributed by atoms with Crippen LogP contribution in [0, 0.1) is 12.8 Å². The van der Waals surface area contributed by atoms with Gasteiger partial charge in [0.05, 0.1) is 0 Å². The van der Waals surface area contributed by atoms with Crippen molar-refractivity contribution in [2.75, 3.05) is 24.5 Å². The fourth-order valence-electron chi connectivity index (χ4n) is 3.22.